The lowest BCUT2D eigenvalue weighted by Gasteiger charge is -2.32. The molecule has 0 spiro atoms. The molecule has 2 aliphatic heterocycles. The van der Waals surface area contributed by atoms with E-state index in [0.29, 0.717) is 25.5 Å². The van der Waals surface area contributed by atoms with Crippen molar-refractivity contribution in [2.45, 2.75) is 45.1 Å². The molecule has 0 bridgehead atoms. The van der Waals surface area contributed by atoms with Crippen molar-refractivity contribution >= 4 is 28.2 Å². The van der Waals surface area contributed by atoms with Crippen molar-refractivity contribution in [2.24, 2.45) is 0 Å². The van der Waals surface area contributed by atoms with Gasteiger partial charge in [-0.25, -0.2) is 14.5 Å². The van der Waals surface area contributed by atoms with E-state index in [9.17, 15) is 4.79 Å². The fourth-order valence-corrected chi connectivity index (χ4v) is 5.64. The second-order valence-corrected chi connectivity index (χ2v) is 11.7. The van der Waals surface area contributed by atoms with Crippen molar-refractivity contribution in [3.63, 3.8) is 0 Å². The molecule has 9 heteroatoms. The maximum absolute atomic E-state index is 12.4. The maximum atomic E-state index is 12.4. The predicted octanol–water partition coefficient (Wildman–Crippen LogP) is 4.04. The van der Waals surface area contributed by atoms with E-state index in [1.165, 1.54) is 0 Å². The third-order valence-corrected chi connectivity index (χ3v) is 7.54. The number of anilines is 1. The minimum atomic E-state index is -0.483. The average Bonchev–Trinajstić information content (AvgIpc) is 3.34. The zero-order chi connectivity index (χ0) is 28.4. The first kappa shape index (κ1) is 27.2. The van der Waals surface area contributed by atoms with Gasteiger partial charge in [-0.1, -0.05) is 24.3 Å². The van der Waals surface area contributed by atoms with Gasteiger partial charge in [0, 0.05) is 24.4 Å². The number of carbonyl (C=O) groups excluding carboxylic acids is 1. The van der Waals surface area contributed by atoms with Gasteiger partial charge in [-0.15, -0.1) is 0 Å². The van der Waals surface area contributed by atoms with Crippen LogP contribution in [0, 0.1) is 11.8 Å². The number of ether oxygens (including phenoxy) is 2. The summed E-state index contributed by atoms with van der Waals surface area (Å²) >= 11 is 0. The van der Waals surface area contributed by atoms with Crippen LogP contribution in [-0.4, -0.2) is 82.0 Å². The van der Waals surface area contributed by atoms with Crippen molar-refractivity contribution < 1.29 is 14.3 Å². The number of carbonyl (C=O) groups is 1. The number of hydrogen-bond acceptors (Lipinski definition) is 8. The van der Waals surface area contributed by atoms with Crippen LogP contribution in [0.1, 0.15) is 56.6 Å². The van der Waals surface area contributed by atoms with Gasteiger partial charge in [-0.2, -0.15) is 5.10 Å². The number of rotatable bonds is 4. The minimum absolute atomic E-state index is 0.183. The third-order valence-electron chi connectivity index (χ3n) is 7.54. The fraction of sp³-hybridized carbons (Fsp3) is 0.438. The SMILES string of the molecule is CC(C)(C)OC(=O)CN1CCC(c2c(C#Cc3ccc4ccccc4n3)nc3c(N4CCOCC4)ccnn23)CC1. The summed E-state index contributed by atoms with van der Waals surface area (Å²) < 4.78 is 13.1. The van der Waals surface area contributed by atoms with Gasteiger partial charge in [-0.05, 0) is 76.7 Å². The molecule has 0 atom stereocenters. The number of benzene rings is 1. The number of hydrogen-bond donors (Lipinski definition) is 0. The minimum Gasteiger partial charge on any atom is -0.459 e. The van der Waals surface area contributed by atoms with Crippen LogP contribution in [0.3, 0.4) is 0 Å². The molecule has 2 aliphatic rings. The molecule has 212 valence electrons. The molecule has 2 saturated heterocycles. The van der Waals surface area contributed by atoms with E-state index in [-0.39, 0.29) is 11.9 Å². The van der Waals surface area contributed by atoms with Gasteiger partial charge in [-0.3, -0.25) is 9.69 Å². The van der Waals surface area contributed by atoms with Crippen molar-refractivity contribution in [2.75, 3.05) is 50.8 Å². The summed E-state index contributed by atoms with van der Waals surface area (Å²) in [4.78, 5) is 26.7. The lowest BCUT2D eigenvalue weighted by molar-refractivity contribution is -0.156. The van der Waals surface area contributed by atoms with Crippen LogP contribution in [0.2, 0.25) is 0 Å². The molecule has 5 heterocycles. The summed E-state index contributed by atoms with van der Waals surface area (Å²) in [6, 6.07) is 14.1. The second kappa shape index (κ2) is 11.5. The van der Waals surface area contributed by atoms with E-state index < -0.39 is 5.60 Å². The second-order valence-electron chi connectivity index (χ2n) is 11.7. The summed E-state index contributed by atoms with van der Waals surface area (Å²) in [5.74, 6) is 6.67. The van der Waals surface area contributed by atoms with E-state index in [1.54, 1.807) is 0 Å². The zero-order valence-corrected chi connectivity index (χ0v) is 24.0. The molecule has 0 saturated carbocycles. The number of para-hydroxylation sites is 1. The van der Waals surface area contributed by atoms with E-state index in [0.717, 1.165) is 72.6 Å². The number of nitrogens with zero attached hydrogens (tertiary/aromatic N) is 6. The Balaban J connectivity index is 1.32. The van der Waals surface area contributed by atoms with Crippen LogP contribution in [0.4, 0.5) is 5.69 Å². The zero-order valence-electron chi connectivity index (χ0n) is 24.0. The lowest BCUT2D eigenvalue weighted by atomic mass is 9.92. The van der Waals surface area contributed by atoms with Gasteiger partial charge in [0.05, 0.1) is 42.9 Å². The molecule has 3 aromatic heterocycles. The number of aromatic nitrogens is 4. The van der Waals surface area contributed by atoms with Crippen LogP contribution in [0.15, 0.2) is 48.7 Å². The highest BCUT2D eigenvalue weighted by Crippen LogP contribution is 2.33. The molecular weight excluding hydrogens is 516 g/mol. The molecule has 4 aromatic rings. The smallest absolute Gasteiger partial charge is 0.320 e. The van der Waals surface area contributed by atoms with Crippen molar-refractivity contribution in [3.05, 3.63) is 65.7 Å². The Labute approximate surface area is 240 Å². The Bertz CT molecular complexity index is 1620. The van der Waals surface area contributed by atoms with Crippen LogP contribution < -0.4 is 4.90 Å². The monoisotopic (exact) mass is 552 g/mol. The molecule has 0 amide bonds. The number of fused-ring (bicyclic) bond motifs is 2. The maximum Gasteiger partial charge on any atom is 0.320 e. The molecule has 6 rings (SSSR count). The molecule has 2 fully saturated rings. The first-order chi connectivity index (χ1) is 19.8. The van der Waals surface area contributed by atoms with Crippen LogP contribution in [0.25, 0.3) is 16.6 Å². The van der Waals surface area contributed by atoms with E-state index in [2.05, 4.69) is 27.7 Å². The Hall–Kier alpha value is -4.00. The van der Waals surface area contributed by atoms with Gasteiger partial charge in [0.1, 0.15) is 17.0 Å². The first-order valence-electron chi connectivity index (χ1n) is 14.4. The van der Waals surface area contributed by atoms with Crippen molar-refractivity contribution in [1.29, 1.82) is 0 Å². The molecule has 41 heavy (non-hydrogen) atoms. The van der Waals surface area contributed by atoms with Gasteiger partial charge in [0.15, 0.2) is 5.65 Å². The largest absolute Gasteiger partial charge is 0.459 e. The molecule has 0 N–H and O–H groups in total. The third kappa shape index (κ3) is 6.19. The normalized spacial score (nSPS) is 17.0. The number of morpholine rings is 1. The predicted molar refractivity (Wildman–Crippen MR) is 158 cm³/mol. The lowest BCUT2D eigenvalue weighted by Crippen LogP contribution is -2.39. The highest BCUT2D eigenvalue weighted by Gasteiger charge is 2.29. The van der Waals surface area contributed by atoms with Gasteiger partial charge < -0.3 is 14.4 Å². The van der Waals surface area contributed by atoms with Crippen LogP contribution >= 0.6 is 0 Å². The molecule has 0 aliphatic carbocycles. The molecule has 9 nitrogen and oxygen atoms in total. The number of piperidine rings is 1. The number of pyridine rings is 1. The molecule has 1 aromatic carbocycles. The van der Waals surface area contributed by atoms with Crippen LogP contribution in [0.5, 0.6) is 0 Å². The topological polar surface area (TPSA) is 85.1 Å². The number of likely N-dealkylation sites (tertiary alicyclic amines) is 1. The number of esters is 1. The Morgan fingerprint density at radius 3 is 2.56 bits per heavy atom. The fourth-order valence-electron chi connectivity index (χ4n) is 5.64. The van der Waals surface area contributed by atoms with Gasteiger partial charge in [0.25, 0.3) is 0 Å². The average molecular weight is 553 g/mol. The first-order valence-corrected chi connectivity index (χ1v) is 14.4. The Morgan fingerprint density at radius 1 is 1.00 bits per heavy atom. The van der Waals surface area contributed by atoms with Crippen LogP contribution in [-0.2, 0) is 14.3 Å². The van der Waals surface area contributed by atoms with E-state index >= 15 is 0 Å². The molecule has 0 unspecified atom stereocenters. The molecule has 0 radical (unpaired) electrons. The summed E-state index contributed by atoms with van der Waals surface area (Å²) in [6.07, 6.45) is 3.61. The van der Waals surface area contributed by atoms with E-state index in [1.807, 2.05) is 67.9 Å². The highest BCUT2D eigenvalue weighted by molar-refractivity contribution is 5.79. The van der Waals surface area contributed by atoms with Gasteiger partial charge >= 0.3 is 5.97 Å². The summed E-state index contributed by atoms with van der Waals surface area (Å²) in [5.41, 5.74) is 4.77. The van der Waals surface area contributed by atoms with Gasteiger partial charge in [0.2, 0.25) is 0 Å². The van der Waals surface area contributed by atoms with E-state index in [4.69, 9.17) is 24.5 Å². The number of imidazole rings is 1. The standard InChI is InChI=1S/C32H36N6O3/c1-32(2,3)41-29(39)22-36-16-13-24(14-17-36)30-27(11-10-25-9-8-23-6-4-5-7-26(23)34-25)35-31-28(12-15-33-38(30)31)37-18-20-40-21-19-37/h4-9,12,15,24H,13-14,16-22H2,1-3H3. The Kier molecular flexibility index (Phi) is 7.61. The summed E-state index contributed by atoms with van der Waals surface area (Å²) in [7, 11) is 0. The summed E-state index contributed by atoms with van der Waals surface area (Å²) in [5, 5.41) is 5.85. The Morgan fingerprint density at radius 2 is 1.78 bits per heavy atom. The van der Waals surface area contributed by atoms with Crippen molar-refractivity contribution in [1.82, 2.24) is 24.5 Å². The van der Waals surface area contributed by atoms with Crippen molar-refractivity contribution in [3.8, 4) is 11.8 Å². The quantitative estimate of drug-likeness (QED) is 0.277. The molecular formula is C32H36N6O3. The highest BCUT2D eigenvalue weighted by atomic mass is 16.6. The summed E-state index contributed by atoms with van der Waals surface area (Å²) in [6.45, 7) is 10.6.